The molecule has 0 radical (unpaired) electrons. The van der Waals surface area contributed by atoms with E-state index in [4.69, 9.17) is 44.3 Å². The van der Waals surface area contributed by atoms with Crippen LogP contribution in [0.15, 0.2) is 43.0 Å². The average molecular weight is 387 g/mol. The van der Waals surface area contributed by atoms with Gasteiger partial charge < -0.3 is 14.8 Å². The molecule has 0 atom stereocenters. The highest BCUT2D eigenvalue weighted by Crippen LogP contribution is 2.34. The Kier molecular flexibility index (Phi) is 7.25. The Balaban J connectivity index is 2.14. The number of halogens is 3. The van der Waals surface area contributed by atoms with Gasteiger partial charge in [0.2, 0.25) is 0 Å². The number of rotatable bonds is 8. The monoisotopic (exact) mass is 385 g/mol. The highest BCUT2D eigenvalue weighted by Gasteiger charge is 2.11. The van der Waals surface area contributed by atoms with Crippen molar-refractivity contribution in [2.75, 3.05) is 13.7 Å². The third kappa shape index (κ3) is 5.05. The first kappa shape index (κ1) is 18.9. The third-order valence-electron chi connectivity index (χ3n) is 3.34. The lowest BCUT2D eigenvalue weighted by Gasteiger charge is -2.14. The number of hydrogen-bond donors (Lipinski definition) is 1. The topological polar surface area (TPSA) is 30.5 Å². The molecule has 24 heavy (non-hydrogen) atoms. The van der Waals surface area contributed by atoms with Crippen LogP contribution in [0.2, 0.25) is 15.1 Å². The molecule has 0 bridgehead atoms. The fraction of sp³-hybridized carbons (Fsp3) is 0.222. The zero-order valence-electron chi connectivity index (χ0n) is 13.2. The van der Waals surface area contributed by atoms with Crippen LogP contribution in [0.3, 0.4) is 0 Å². The van der Waals surface area contributed by atoms with E-state index in [1.807, 2.05) is 12.1 Å². The predicted molar refractivity (Wildman–Crippen MR) is 101 cm³/mol. The molecule has 0 aliphatic rings. The van der Waals surface area contributed by atoms with Crippen molar-refractivity contribution in [3.05, 3.63) is 69.2 Å². The SMILES string of the molecule is C=CCNCc1cc(OC)c(OCc2ccc(Cl)cc2Cl)cc1Cl. The predicted octanol–water partition coefficient (Wildman–Crippen LogP) is 5.51. The summed E-state index contributed by atoms with van der Waals surface area (Å²) in [5.41, 5.74) is 1.75. The molecule has 0 aliphatic carbocycles. The van der Waals surface area contributed by atoms with Gasteiger partial charge in [-0.2, -0.15) is 0 Å². The molecule has 2 rings (SSSR count). The summed E-state index contributed by atoms with van der Waals surface area (Å²) in [5.74, 6) is 1.17. The van der Waals surface area contributed by atoms with Gasteiger partial charge >= 0.3 is 0 Å². The van der Waals surface area contributed by atoms with Crippen LogP contribution in [0.25, 0.3) is 0 Å². The lowest BCUT2D eigenvalue weighted by Crippen LogP contribution is -2.13. The van der Waals surface area contributed by atoms with Crippen molar-refractivity contribution >= 4 is 34.8 Å². The minimum Gasteiger partial charge on any atom is -0.493 e. The van der Waals surface area contributed by atoms with Crippen molar-refractivity contribution in [2.24, 2.45) is 0 Å². The molecule has 2 aromatic rings. The van der Waals surface area contributed by atoms with Gasteiger partial charge in [-0.05, 0) is 23.8 Å². The van der Waals surface area contributed by atoms with E-state index in [1.165, 1.54) is 0 Å². The fourth-order valence-corrected chi connectivity index (χ4v) is 2.77. The Hall–Kier alpha value is -1.39. The van der Waals surface area contributed by atoms with Crippen molar-refractivity contribution < 1.29 is 9.47 Å². The van der Waals surface area contributed by atoms with Crippen molar-refractivity contribution in [3.8, 4) is 11.5 Å². The van der Waals surface area contributed by atoms with Crippen molar-refractivity contribution in [3.63, 3.8) is 0 Å². The number of ether oxygens (including phenoxy) is 2. The first-order chi connectivity index (χ1) is 11.5. The standard InChI is InChI=1S/C18H18Cl3NO2/c1-3-6-22-10-13-7-17(23-2)18(9-16(13)21)24-11-12-4-5-14(19)8-15(12)20/h3-5,7-9,22H,1,6,10-11H2,2H3. The van der Waals surface area contributed by atoms with E-state index in [0.717, 1.165) is 11.1 Å². The van der Waals surface area contributed by atoms with Crippen LogP contribution in [0, 0.1) is 0 Å². The van der Waals surface area contributed by atoms with Crippen molar-refractivity contribution in [1.29, 1.82) is 0 Å². The number of hydrogen-bond acceptors (Lipinski definition) is 3. The van der Waals surface area contributed by atoms with Gasteiger partial charge in [0.25, 0.3) is 0 Å². The maximum Gasteiger partial charge on any atom is 0.163 e. The number of methoxy groups -OCH3 is 1. The van der Waals surface area contributed by atoms with Crippen LogP contribution in [0.4, 0.5) is 0 Å². The normalized spacial score (nSPS) is 10.5. The van der Waals surface area contributed by atoms with Gasteiger partial charge in [0.05, 0.1) is 7.11 Å². The zero-order chi connectivity index (χ0) is 17.5. The van der Waals surface area contributed by atoms with Crippen LogP contribution in [0.1, 0.15) is 11.1 Å². The minimum absolute atomic E-state index is 0.288. The van der Waals surface area contributed by atoms with E-state index in [0.29, 0.717) is 39.7 Å². The molecule has 0 amide bonds. The summed E-state index contributed by atoms with van der Waals surface area (Å²) in [7, 11) is 1.59. The molecule has 0 saturated heterocycles. The van der Waals surface area contributed by atoms with E-state index in [2.05, 4.69) is 11.9 Å². The smallest absolute Gasteiger partial charge is 0.163 e. The summed E-state index contributed by atoms with van der Waals surface area (Å²) in [5, 5.41) is 4.94. The van der Waals surface area contributed by atoms with E-state index >= 15 is 0 Å². The second-order valence-corrected chi connectivity index (χ2v) is 6.29. The van der Waals surface area contributed by atoms with E-state index in [1.54, 1.807) is 31.4 Å². The first-order valence-corrected chi connectivity index (χ1v) is 8.43. The van der Waals surface area contributed by atoms with Crippen LogP contribution in [0.5, 0.6) is 11.5 Å². The summed E-state index contributed by atoms with van der Waals surface area (Å²) in [6, 6.07) is 8.88. The third-order valence-corrected chi connectivity index (χ3v) is 4.27. The molecule has 0 unspecified atom stereocenters. The lowest BCUT2D eigenvalue weighted by molar-refractivity contribution is 0.284. The maximum atomic E-state index is 6.33. The summed E-state index contributed by atoms with van der Waals surface area (Å²) in [4.78, 5) is 0. The van der Waals surface area contributed by atoms with Crippen LogP contribution in [-0.4, -0.2) is 13.7 Å². The molecule has 0 saturated carbocycles. The lowest BCUT2D eigenvalue weighted by atomic mass is 10.2. The summed E-state index contributed by atoms with van der Waals surface area (Å²) < 4.78 is 11.2. The quantitative estimate of drug-likeness (QED) is 0.479. The number of nitrogens with one attached hydrogen (secondary N) is 1. The molecule has 1 N–H and O–H groups in total. The molecule has 0 fully saturated rings. The minimum atomic E-state index is 0.288. The Morgan fingerprint density at radius 2 is 1.79 bits per heavy atom. The molecule has 6 heteroatoms. The van der Waals surface area contributed by atoms with E-state index in [-0.39, 0.29) is 6.61 Å². The molecule has 0 heterocycles. The van der Waals surface area contributed by atoms with Crippen LogP contribution >= 0.6 is 34.8 Å². The van der Waals surface area contributed by atoms with Gasteiger partial charge in [0, 0.05) is 39.8 Å². The molecular weight excluding hydrogens is 369 g/mol. The number of benzene rings is 2. The highest BCUT2D eigenvalue weighted by molar-refractivity contribution is 6.35. The molecule has 0 aliphatic heterocycles. The van der Waals surface area contributed by atoms with Crippen LogP contribution in [-0.2, 0) is 13.2 Å². The molecule has 3 nitrogen and oxygen atoms in total. The second kappa shape index (κ2) is 9.19. The highest BCUT2D eigenvalue weighted by atomic mass is 35.5. The van der Waals surface area contributed by atoms with Gasteiger partial charge in [-0.3, -0.25) is 0 Å². The van der Waals surface area contributed by atoms with Crippen molar-refractivity contribution in [2.45, 2.75) is 13.2 Å². The fourth-order valence-electron chi connectivity index (χ4n) is 2.09. The molecule has 128 valence electrons. The average Bonchev–Trinajstić information content (AvgIpc) is 2.56. The zero-order valence-corrected chi connectivity index (χ0v) is 15.5. The first-order valence-electron chi connectivity index (χ1n) is 7.30. The Labute approximate surface area is 157 Å². The molecular formula is C18H18Cl3NO2. The van der Waals surface area contributed by atoms with Gasteiger partial charge in [0.1, 0.15) is 6.61 Å². The van der Waals surface area contributed by atoms with E-state index < -0.39 is 0 Å². The Morgan fingerprint density at radius 1 is 1.04 bits per heavy atom. The van der Waals surface area contributed by atoms with Crippen molar-refractivity contribution in [1.82, 2.24) is 5.32 Å². The summed E-state index contributed by atoms with van der Waals surface area (Å²) in [6.07, 6.45) is 1.79. The van der Waals surface area contributed by atoms with Gasteiger partial charge in [-0.15, -0.1) is 6.58 Å². The summed E-state index contributed by atoms with van der Waals surface area (Å²) >= 11 is 18.4. The van der Waals surface area contributed by atoms with E-state index in [9.17, 15) is 0 Å². The van der Waals surface area contributed by atoms with Gasteiger partial charge in [-0.25, -0.2) is 0 Å². The van der Waals surface area contributed by atoms with Crippen LogP contribution < -0.4 is 14.8 Å². The summed E-state index contributed by atoms with van der Waals surface area (Å²) in [6.45, 7) is 5.27. The molecule has 0 aromatic heterocycles. The maximum absolute atomic E-state index is 6.33. The van der Waals surface area contributed by atoms with Gasteiger partial charge in [-0.1, -0.05) is 46.9 Å². The van der Waals surface area contributed by atoms with Gasteiger partial charge in [0.15, 0.2) is 11.5 Å². The largest absolute Gasteiger partial charge is 0.493 e. The Bertz CT molecular complexity index is 720. The Morgan fingerprint density at radius 3 is 2.46 bits per heavy atom. The second-order valence-electron chi connectivity index (χ2n) is 5.04. The molecule has 0 spiro atoms. The molecule has 2 aromatic carbocycles.